The van der Waals surface area contributed by atoms with Crippen LogP contribution in [-0.4, -0.2) is 32.7 Å². The molecule has 0 spiro atoms. The van der Waals surface area contributed by atoms with Gasteiger partial charge in [0, 0.05) is 35.1 Å². The summed E-state index contributed by atoms with van der Waals surface area (Å²) < 4.78 is 118. The minimum absolute atomic E-state index is 0.109. The molecule has 0 saturated carbocycles. The maximum Gasteiger partial charge on any atom is 0.435 e. The molecule has 0 amide bonds. The molecule has 0 aliphatic heterocycles. The fourth-order valence-electron chi connectivity index (χ4n) is 2.94. The first kappa shape index (κ1) is 31.2. The molecule has 0 aliphatic rings. The molecule has 2 aromatic rings. The third-order valence-corrected chi connectivity index (χ3v) is 7.30. The molecule has 16 heteroatoms. The van der Waals surface area contributed by atoms with Crippen molar-refractivity contribution >= 4 is 62.3 Å². The molecule has 2 rings (SSSR count). The Labute approximate surface area is 222 Å². The fraction of sp³-hybridized carbons (Fsp3) is 0.286. The van der Waals surface area contributed by atoms with Gasteiger partial charge < -0.3 is 10.7 Å². The SMILES string of the molecule is CCS(=O)(=O)NCc1cc(/C(C=N)=C/Nc2c(Cl)cc(C(F)(C(F)(F)F)C(F)(F)F)cc2Cl)ccc1Cl. The van der Waals surface area contributed by atoms with Crippen molar-refractivity contribution in [2.24, 2.45) is 0 Å². The Bertz CT molecular complexity index is 1280. The number of anilines is 1. The van der Waals surface area contributed by atoms with Crippen LogP contribution < -0.4 is 10.0 Å². The standard InChI is InChI=1S/C21H17Cl3F7N3O2S/c1-2-37(35,36)34-10-12-5-11(3-4-15(12)22)13(8-32)9-33-18-16(23)6-14(7-17(18)24)19(25,20(26,27)28)21(29,30)31/h3-9,32-34H,2,10H2,1H3/b13-9+,32-8?. The predicted molar refractivity (Wildman–Crippen MR) is 129 cm³/mol. The summed E-state index contributed by atoms with van der Waals surface area (Å²) >= 11 is 17.8. The van der Waals surface area contributed by atoms with Crippen LogP contribution in [0.15, 0.2) is 36.5 Å². The molecule has 0 bridgehead atoms. The van der Waals surface area contributed by atoms with Crippen molar-refractivity contribution in [1.29, 1.82) is 5.41 Å². The fourth-order valence-corrected chi connectivity index (χ4v) is 4.30. The maximum absolute atomic E-state index is 14.4. The van der Waals surface area contributed by atoms with Gasteiger partial charge in [0.25, 0.3) is 0 Å². The highest BCUT2D eigenvalue weighted by molar-refractivity contribution is 7.89. The minimum atomic E-state index is -6.35. The van der Waals surface area contributed by atoms with Gasteiger partial charge in [-0.15, -0.1) is 0 Å². The number of hydrogen-bond acceptors (Lipinski definition) is 4. The van der Waals surface area contributed by atoms with Gasteiger partial charge >= 0.3 is 18.0 Å². The summed E-state index contributed by atoms with van der Waals surface area (Å²) in [5.41, 5.74) is -7.15. The van der Waals surface area contributed by atoms with E-state index in [-0.39, 0.29) is 40.7 Å². The summed E-state index contributed by atoms with van der Waals surface area (Å²) in [6, 6.07) is 4.64. The molecule has 37 heavy (non-hydrogen) atoms. The van der Waals surface area contributed by atoms with Crippen LogP contribution in [0.2, 0.25) is 15.1 Å². The molecule has 0 fully saturated rings. The summed E-state index contributed by atoms with van der Waals surface area (Å²) in [5, 5.41) is 8.81. The number of nitrogens with one attached hydrogen (secondary N) is 3. The Balaban J connectivity index is 2.44. The lowest BCUT2D eigenvalue weighted by Gasteiger charge is -2.30. The quantitative estimate of drug-likeness (QED) is 0.202. The van der Waals surface area contributed by atoms with Gasteiger partial charge in [-0.05, 0) is 42.3 Å². The molecule has 0 unspecified atom stereocenters. The van der Waals surface area contributed by atoms with Crippen LogP contribution in [0.5, 0.6) is 0 Å². The molecule has 0 radical (unpaired) electrons. The zero-order chi connectivity index (χ0) is 28.4. The third-order valence-electron chi connectivity index (χ3n) is 4.99. The van der Waals surface area contributed by atoms with Crippen LogP contribution in [0.25, 0.3) is 5.57 Å². The number of rotatable bonds is 9. The summed E-state index contributed by atoms with van der Waals surface area (Å²) in [6.07, 6.45) is -10.7. The van der Waals surface area contributed by atoms with Gasteiger partial charge in [0.1, 0.15) is 0 Å². The molecule has 5 nitrogen and oxygen atoms in total. The van der Waals surface area contributed by atoms with Gasteiger partial charge in [0.15, 0.2) is 0 Å². The lowest BCUT2D eigenvalue weighted by atomic mass is 9.94. The Hall–Kier alpha value is -2.06. The molecule has 0 heterocycles. The van der Waals surface area contributed by atoms with E-state index < -0.39 is 43.7 Å². The van der Waals surface area contributed by atoms with Crippen molar-refractivity contribution in [2.45, 2.75) is 31.5 Å². The van der Waals surface area contributed by atoms with Crippen molar-refractivity contribution in [3.63, 3.8) is 0 Å². The summed E-state index contributed by atoms with van der Waals surface area (Å²) in [6.45, 7) is 1.27. The van der Waals surface area contributed by atoms with Crippen LogP contribution in [0, 0.1) is 5.41 Å². The van der Waals surface area contributed by atoms with E-state index in [0.717, 1.165) is 12.4 Å². The number of halogens is 10. The molecular formula is C21H17Cl3F7N3O2S. The van der Waals surface area contributed by atoms with E-state index in [4.69, 9.17) is 40.2 Å². The molecule has 3 N–H and O–H groups in total. The normalized spacial score (nSPS) is 13.5. The van der Waals surface area contributed by atoms with Gasteiger partial charge in [-0.1, -0.05) is 40.9 Å². The highest BCUT2D eigenvalue weighted by Gasteiger charge is 2.73. The summed E-state index contributed by atoms with van der Waals surface area (Å²) in [4.78, 5) is 0. The number of alkyl halides is 7. The monoisotopic (exact) mass is 613 g/mol. The highest BCUT2D eigenvalue weighted by Crippen LogP contribution is 2.54. The molecule has 0 atom stereocenters. The second-order valence-corrected chi connectivity index (χ2v) is 10.7. The maximum atomic E-state index is 14.4. The van der Waals surface area contributed by atoms with Crippen molar-refractivity contribution in [1.82, 2.24) is 4.72 Å². The lowest BCUT2D eigenvalue weighted by molar-refractivity contribution is -0.348. The predicted octanol–water partition coefficient (Wildman–Crippen LogP) is 7.48. The first-order valence-corrected chi connectivity index (χ1v) is 12.7. The van der Waals surface area contributed by atoms with E-state index >= 15 is 0 Å². The van der Waals surface area contributed by atoms with Crippen LogP contribution in [0.1, 0.15) is 23.6 Å². The number of hydrogen-bond donors (Lipinski definition) is 3. The van der Waals surface area contributed by atoms with Crippen molar-refractivity contribution in [2.75, 3.05) is 11.1 Å². The first-order valence-electron chi connectivity index (χ1n) is 9.93. The van der Waals surface area contributed by atoms with Crippen LogP contribution in [0.4, 0.5) is 36.4 Å². The zero-order valence-corrected chi connectivity index (χ0v) is 21.5. The molecular weight excluding hydrogens is 598 g/mol. The second kappa shape index (κ2) is 11.4. The lowest BCUT2D eigenvalue weighted by Crippen LogP contribution is -2.50. The van der Waals surface area contributed by atoms with Gasteiger partial charge in [0.05, 0.1) is 21.5 Å². The van der Waals surface area contributed by atoms with Crippen LogP contribution in [0.3, 0.4) is 0 Å². The largest absolute Gasteiger partial charge is 0.435 e. The number of allylic oxidation sites excluding steroid dienone is 1. The van der Waals surface area contributed by atoms with Gasteiger partial charge in [-0.2, -0.15) is 26.3 Å². The number of sulfonamides is 1. The average Bonchev–Trinajstić information content (AvgIpc) is 2.78. The Kier molecular flexibility index (Phi) is 9.57. The smallest absolute Gasteiger partial charge is 0.359 e. The van der Waals surface area contributed by atoms with Crippen LogP contribution >= 0.6 is 34.8 Å². The summed E-state index contributed by atoms with van der Waals surface area (Å²) in [5.74, 6) is -0.171. The average molecular weight is 615 g/mol. The minimum Gasteiger partial charge on any atom is -0.359 e. The molecule has 0 saturated heterocycles. The van der Waals surface area contributed by atoms with Crippen molar-refractivity contribution in [3.8, 4) is 0 Å². The second-order valence-electron chi connectivity index (χ2n) is 7.39. The number of benzene rings is 2. The third kappa shape index (κ3) is 6.88. The molecule has 2 aromatic carbocycles. The summed E-state index contributed by atoms with van der Waals surface area (Å²) in [7, 11) is -3.54. The molecule has 0 aromatic heterocycles. The molecule has 204 valence electrons. The zero-order valence-electron chi connectivity index (χ0n) is 18.5. The Morgan fingerprint density at radius 3 is 1.95 bits per heavy atom. The Morgan fingerprint density at radius 2 is 1.49 bits per heavy atom. The highest BCUT2D eigenvalue weighted by atomic mass is 35.5. The van der Waals surface area contributed by atoms with E-state index in [0.29, 0.717) is 11.1 Å². The van der Waals surface area contributed by atoms with E-state index in [2.05, 4.69) is 10.0 Å². The van der Waals surface area contributed by atoms with Crippen LogP contribution in [-0.2, 0) is 22.2 Å². The first-order chi connectivity index (χ1) is 16.9. The van der Waals surface area contributed by atoms with E-state index in [9.17, 15) is 39.2 Å². The topological polar surface area (TPSA) is 82.1 Å². The van der Waals surface area contributed by atoms with Gasteiger partial charge in [0.2, 0.25) is 10.0 Å². The van der Waals surface area contributed by atoms with E-state index in [1.54, 1.807) is 0 Å². The van der Waals surface area contributed by atoms with Gasteiger partial charge in [-0.3, -0.25) is 0 Å². The van der Waals surface area contributed by atoms with Crippen molar-refractivity contribution < 1.29 is 39.2 Å². The van der Waals surface area contributed by atoms with Crippen molar-refractivity contribution in [3.05, 3.63) is 68.3 Å². The van der Waals surface area contributed by atoms with E-state index in [1.807, 2.05) is 0 Å². The Morgan fingerprint density at radius 1 is 0.946 bits per heavy atom. The van der Waals surface area contributed by atoms with Gasteiger partial charge in [-0.25, -0.2) is 17.5 Å². The molecule has 0 aliphatic carbocycles. The van der Waals surface area contributed by atoms with E-state index in [1.165, 1.54) is 25.1 Å².